The quantitative estimate of drug-likeness (QED) is 0.705. The predicted molar refractivity (Wildman–Crippen MR) is 56.1 cm³/mol. The van der Waals surface area contributed by atoms with Crippen LogP contribution in [0.3, 0.4) is 0 Å². The molecule has 1 unspecified atom stereocenters. The van der Waals surface area contributed by atoms with Gasteiger partial charge in [0.1, 0.15) is 0 Å². The van der Waals surface area contributed by atoms with Gasteiger partial charge in [0.25, 0.3) is 0 Å². The van der Waals surface area contributed by atoms with Crippen LogP contribution in [0.15, 0.2) is 0 Å². The van der Waals surface area contributed by atoms with Crippen molar-refractivity contribution in [3.05, 3.63) is 0 Å². The first-order valence-corrected chi connectivity index (χ1v) is 6.36. The summed E-state index contributed by atoms with van der Waals surface area (Å²) >= 11 is 0. The van der Waals surface area contributed by atoms with Crippen LogP contribution in [0.1, 0.15) is 41.0 Å². The lowest BCUT2D eigenvalue weighted by molar-refractivity contribution is 0.0355. The summed E-state index contributed by atoms with van der Waals surface area (Å²) in [5.74, 6) is 0.409. The van der Waals surface area contributed by atoms with Crippen molar-refractivity contribution >= 4 is 7.82 Å². The third-order valence-corrected chi connectivity index (χ3v) is 2.86. The molecular weight excluding hydrogens is 203 g/mol. The van der Waals surface area contributed by atoms with Gasteiger partial charge < -0.3 is 4.89 Å². The highest BCUT2D eigenvalue weighted by Gasteiger charge is 2.31. The van der Waals surface area contributed by atoms with Gasteiger partial charge in [0.2, 0.25) is 0 Å². The van der Waals surface area contributed by atoms with Crippen molar-refractivity contribution in [1.29, 1.82) is 0 Å². The van der Waals surface area contributed by atoms with Gasteiger partial charge in [0.05, 0.1) is 12.2 Å². The van der Waals surface area contributed by atoms with Crippen molar-refractivity contribution < 1.29 is 18.5 Å². The van der Waals surface area contributed by atoms with E-state index in [0.717, 1.165) is 0 Å². The lowest BCUT2D eigenvalue weighted by Gasteiger charge is -2.28. The largest absolute Gasteiger partial charge is 0.472 e. The van der Waals surface area contributed by atoms with E-state index >= 15 is 0 Å². The highest BCUT2D eigenvalue weighted by molar-refractivity contribution is 7.47. The topological polar surface area (TPSA) is 55.8 Å². The Morgan fingerprint density at radius 1 is 1.43 bits per heavy atom. The second kappa shape index (κ2) is 5.26. The second-order valence-electron chi connectivity index (χ2n) is 4.34. The van der Waals surface area contributed by atoms with E-state index in [-0.39, 0.29) is 6.61 Å². The van der Waals surface area contributed by atoms with Crippen molar-refractivity contribution in [3.8, 4) is 0 Å². The van der Waals surface area contributed by atoms with Crippen LogP contribution < -0.4 is 0 Å². The molecule has 0 amide bonds. The van der Waals surface area contributed by atoms with Gasteiger partial charge in [-0.2, -0.15) is 0 Å². The maximum Gasteiger partial charge on any atom is 0.472 e. The normalized spacial score (nSPS) is 17.1. The molecule has 14 heavy (non-hydrogen) atoms. The minimum absolute atomic E-state index is 0.172. The van der Waals surface area contributed by atoms with Crippen molar-refractivity contribution in [3.63, 3.8) is 0 Å². The van der Waals surface area contributed by atoms with Crippen LogP contribution >= 0.6 is 7.82 Å². The first-order valence-electron chi connectivity index (χ1n) is 4.86. The summed E-state index contributed by atoms with van der Waals surface area (Å²) in [4.78, 5) is 9.27. The Morgan fingerprint density at radius 2 is 1.93 bits per heavy atom. The van der Waals surface area contributed by atoms with Crippen LogP contribution in [0, 0.1) is 5.92 Å². The van der Waals surface area contributed by atoms with Gasteiger partial charge >= 0.3 is 7.82 Å². The van der Waals surface area contributed by atoms with Crippen LogP contribution in [0.2, 0.25) is 0 Å². The third-order valence-electron chi connectivity index (χ3n) is 1.55. The molecule has 0 aliphatic rings. The van der Waals surface area contributed by atoms with E-state index in [4.69, 9.17) is 4.52 Å². The highest BCUT2D eigenvalue weighted by atomic mass is 31.2. The van der Waals surface area contributed by atoms with Crippen LogP contribution in [0.4, 0.5) is 0 Å². The molecule has 5 heteroatoms. The number of hydrogen-bond donors (Lipinski definition) is 1. The Balaban J connectivity index is 4.26. The Hall–Kier alpha value is 0.110. The molecule has 0 spiro atoms. The van der Waals surface area contributed by atoms with Gasteiger partial charge in [0.15, 0.2) is 0 Å². The molecule has 1 atom stereocenters. The maximum atomic E-state index is 11.3. The number of phosphoric acid groups is 1. The molecular formula is C9H21O4P. The lowest BCUT2D eigenvalue weighted by Crippen LogP contribution is -2.25. The predicted octanol–water partition coefficient (Wildman–Crippen LogP) is 2.96. The summed E-state index contributed by atoms with van der Waals surface area (Å²) < 4.78 is 21.0. The molecule has 0 aromatic heterocycles. The zero-order chi connectivity index (χ0) is 11.4. The standard InChI is InChI=1S/C9H21O4P/c1-6-12-14(10,11)13-9(4,5)7-8(2)3/h8H,6-7H2,1-5H3,(H,10,11). The molecule has 86 valence electrons. The van der Waals surface area contributed by atoms with E-state index in [1.807, 2.05) is 13.8 Å². The van der Waals surface area contributed by atoms with Crippen molar-refractivity contribution in [2.45, 2.75) is 46.6 Å². The Morgan fingerprint density at radius 3 is 2.29 bits per heavy atom. The van der Waals surface area contributed by atoms with Crippen LogP contribution in [-0.2, 0) is 13.6 Å². The fourth-order valence-corrected chi connectivity index (χ4v) is 2.60. The third kappa shape index (κ3) is 6.55. The first kappa shape index (κ1) is 14.1. The van der Waals surface area contributed by atoms with Gasteiger partial charge in [-0.1, -0.05) is 13.8 Å². The van der Waals surface area contributed by atoms with Gasteiger partial charge in [-0.25, -0.2) is 4.57 Å². The molecule has 0 aliphatic heterocycles. The number of rotatable bonds is 6. The molecule has 0 aromatic carbocycles. The fourth-order valence-electron chi connectivity index (χ4n) is 1.52. The summed E-state index contributed by atoms with van der Waals surface area (Å²) in [6, 6.07) is 0. The van der Waals surface area contributed by atoms with E-state index in [1.54, 1.807) is 20.8 Å². The number of hydrogen-bond acceptors (Lipinski definition) is 3. The molecule has 0 fully saturated rings. The van der Waals surface area contributed by atoms with Gasteiger partial charge in [-0.05, 0) is 33.1 Å². The zero-order valence-electron chi connectivity index (χ0n) is 9.61. The van der Waals surface area contributed by atoms with Crippen LogP contribution in [0.25, 0.3) is 0 Å². The van der Waals surface area contributed by atoms with Gasteiger partial charge in [-0.15, -0.1) is 0 Å². The summed E-state index contributed by atoms with van der Waals surface area (Å²) in [5.41, 5.74) is -0.631. The number of phosphoric ester groups is 1. The summed E-state index contributed by atoms with van der Waals surface area (Å²) in [5, 5.41) is 0. The average Bonchev–Trinajstić information content (AvgIpc) is 1.78. The van der Waals surface area contributed by atoms with Crippen molar-refractivity contribution in [1.82, 2.24) is 0 Å². The van der Waals surface area contributed by atoms with E-state index in [2.05, 4.69) is 4.52 Å². The van der Waals surface area contributed by atoms with Gasteiger partial charge in [0, 0.05) is 0 Å². The van der Waals surface area contributed by atoms with Crippen molar-refractivity contribution in [2.24, 2.45) is 5.92 Å². The van der Waals surface area contributed by atoms with Crippen LogP contribution in [0.5, 0.6) is 0 Å². The van der Waals surface area contributed by atoms with E-state index in [9.17, 15) is 9.46 Å². The van der Waals surface area contributed by atoms with E-state index < -0.39 is 13.4 Å². The maximum absolute atomic E-state index is 11.3. The smallest absolute Gasteiger partial charge is 0.302 e. The summed E-state index contributed by atoms with van der Waals surface area (Å²) in [6.45, 7) is 9.47. The van der Waals surface area contributed by atoms with Crippen molar-refractivity contribution in [2.75, 3.05) is 6.61 Å². The molecule has 0 saturated carbocycles. The summed E-state index contributed by atoms with van der Waals surface area (Å²) in [6.07, 6.45) is 0.713. The first-order chi connectivity index (χ1) is 6.18. The Labute approximate surface area is 86.2 Å². The van der Waals surface area contributed by atoms with Crippen LogP contribution in [-0.4, -0.2) is 17.1 Å². The Bertz CT molecular complexity index is 213. The average molecular weight is 224 g/mol. The molecule has 0 radical (unpaired) electrons. The van der Waals surface area contributed by atoms with E-state index in [0.29, 0.717) is 12.3 Å². The zero-order valence-corrected chi connectivity index (χ0v) is 10.5. The molecule has 1 N–H and O–H groups in total. The molecule has 0 aliphatic carbocycles. The Kier molecular flexibility index (Phi) is 5.31. The minimum Gasteiger partial charge on any atom is -0.302 e. The second-order valence-corrected chi connectivity index (χ2v) is 5.71. The minimum atomic E-state index is -3.87. The molecule has 0 rings (SSSR count). The lowest BCUT2D eigenvalue weighted by atomic mass is 9.97. The van der Waals surface area contributed by atoms with Gasteiger partial charge in [-0.3, -0.25) is 9.05 Å². The molecule has 0 bridgehead atoms. The highest BCUT2D eigenvalue weighted by Crippen LogP contribution is 2.48. The monoisotopic (exact) mass is 224 g/mol. The fraction of sp³-hybridized carbons (Fsp3) is 1.00. The summed E-state index contributed by atoms with van der Waals surface area (Å²) in [7, 11) is -3.87. The molecule has 0 aromatic rings. The molecule has 0 saturated heterocycles. The van der Waals surface area contributed by atoms with E-state index in [1.165, 1.54) is 0 Å². The molecule has 0 heterocycles. The molecule has 4 nitrogen and oxygen atoms in total. The SMILES string of the molecule is CCOP(=O)(O)OC(C)(C)CC(C)C.